The van der Waals surface area contributed by atoms with Crippen LogP contribution in [0.1, 0.15) is 66.0 Å². The third kappa shape index (κ3) is 7.31. The van der Waals surface area contributed by atoms with Crippen molar-refractivity contribution in [2.24, 2.45) is 11.3 Å². The molecule has 0 radical (unpaired) electrons. The quantitative estimate of drug-likeness (QED) is 0.175. The Morgan fingerprint density at radius 3 is 2.26 bits per heavy atom. The van der Waals surface area contributed by atoms with Gasteiger partial charge in [-0.15, -0.1) is 5.06 Å². The van der Waals surface area contributed by atoms with Crippen LogP contribution in [0.5, 0.6) is 5.75 Å². The Balaban J connectivity index is 0.00000205. The second kappa shape index (κ2) is 13.7. The molecular formula is C29H36I2N2O6. The van der Waals surface area contributed by atoms with Gasteiger partial charge in [-0.2, -0.15) is 0 Å². The van der Waals surface area contributed by atoms with Crippen LogP contribution in [0.2, 0.25) is 0 Å². The fourth-order valence-electron chi connectivity index (χ4n) is 5.11. The van der Waals surface area contributed by atoms with Gasteiger partial charge in [-0.25, -0.2) is 0 Å². The molecule has 0 saturated heterocycles. The van der Waals surface area contributed by atoms with Gasteiger partial charge in [0, 0.05) is 43.8 Å². The summed E-state index contributed by atoms with van der Waals surface area (Å²) in [6.07, 6.45) is 1.01. The average Bonchev–Trinajstić information content (AvgIpc) is 3.16. The van der Waals surface area contributed by atoms with E-state index in [0.29, 0.717) is 30.7 Å². The number of ether oxygens (including phenoxy) is 2. The topological polar surface area (TPSA) is 85.4 Å². The van der Waals surface area contributed by atoms with Crippen LogP contribution in [0.15, 0.2) is 42.5 Å². The van der Waals surface area contributed by atoms with Gasteiger partial charge in [0.2, 0.25) is 0 Å². The lowest BCUT2D eigenvalue weighted by Gasteiger charge is -2.35. The van der Waals surface area contributed by atoms with Crippen molar-refractivity contribution >= 4 is 55.0 Å². The standard InChI is InChI=1S/C29H36N2O6.I2/c1-18(17-36-22-12-11-20-14-25(28(34)35-6)30(5)16-21(20)13-22)15-29(3,4)19(2)37-31-26(32)23-9-7-8-10-24(23)27(31)33;1-2/h7-13,18-19,25H,14-17H2,1-6H3;. The van der Waals surface area contributed by atoms with E-state index in [1.807, 2.05) is 37.1 Å². The van der Waals surface area contributed by atoms with E-state index < -0.39 is 11.8 Å². The maximum absolute atomic E-state index is 12.7. The first-order valence-corrected chi connectivity index (χ1v) is 19.1. The predicted octanol–water partition coefficient (Wildman–Crippen LogP) is 6.04. The molecule has 10 heteroatoms. The average molecular weight is 762 g/mol. The zero-order valence-corrected chi connectivity index (χ0v) is 27.5. The Morgan fingerprint density at radius 1 is 1.05 bits per heavy atom. The normalized spacial score (nSPS) is 18.5. The number of methoxy groups -OCH3 is 1. The number of carbonyl (C=O) groups is 3. The molecule has 0 fully saturated rings. The molecule has 8 nitrogen and oxygen atoms in total. The van der Waals surface area contributed by atoms with Gasteiger partial charge < -0.3 is 9.47 Å². The number of esters is 1. The molecular weight excluding hydrogens is 726 g/mol. The summed E-state index contributed by atoms with van der Waals surface area (Å²) < 4.78 is 11.1. The Morgan fingerprint density at radius 2 is 1.67 bits per heavy atom. The van der Waals surface area contributed by atoms with Crippen LogP contribution in [-0.2, 0) is 27.3 Å². The van der Waals surface area contributed by atoms with E-state index in [1.54, 1.807) is 24.3 Å². The van der Waals surface area contributed by atoms with E-state index in [0.717, 1.165) is 28.4 Å². The highest BCUT2D eigenvalue weighted by molar-refractivity contribution is 15.0. The Labute approximate surface area is 254 Å². The van der Waals surface area contributed by atoms with E-state index in [2.05, 4.69) is 58.0 Å². The molecule has 3 unspecified atom stereocenters. The summed E-state index contributed by atoms with van der Waals surface area (Å²) in [6.45, 7) is 9.31. The van der Waals surface area contributed by atoms with Crippen LogP contribution in [0.3, 0.4) is 0 Å². The number of fused-ring (bicyclic) bond motifs is 2. The maximum Gasteiger partial charge on any atom is 0.323 e. The lowest BCUT2D eigenvalue weighted by atomic mass is 9.79. The van der Waals surface area contributed by atoms with Gasteiger partial charge in [0.15, 0.2) is 0 Å². The lowest BCUT2D eigenvalue weighted by molar-refractivity contribution is -0.162. The van der Waals surface area contributed by atoms with Crippen molar-refractivity contribution in [2.75, 3.05) is 20.8 Å². The molecule has 2 aliphatic heterocycles. The molecule has 0 aliphatic carbocycles. The third-order valence-electron chi connectivity index (χ3n) is 7.55. The van der Waals surface area contributed by atoms with Gasteiger partial charge in [0.05, 0.1) is 30.9 Å². The van der Waals surface area contributed by atoms with Crippen molar-refractivity contribution in [3.63, 3.8) is 0 Å². The summed E-state index contributed by atoms with van der Waals surface area (Å²) >= 11 is 4.24. The van der Waals surface area contributed by atoms with Crippen molar-refractivity contribution in [1.29, 1.82) is 0 Å². The molecule has 0 spiro atoms. The number of amides is 2. The van der Waals surface area contributed by atoms with Crippen LogP contribution in [-0.4, -0.2) is 60.7 Å². The summed E-state index contributed by atoms with van der Waals surface area (Å²) in [5.41, 5.74) is 2.71. The van der Waals surface area contributed by atoms with E-state index in [4.69, 9.17) is 14.3 Å². The smallest absolute Gasteiger partial charge is 0.323 e. The molecule has 2 aliphatic rings. The van der Waals surface area contributed by atoms with Gasteiger partial charge in [0.1, 0.15) is 11.8 Å². The van der Waals surface area contributed by atoms with Crippen molar-refractivity contribution in [2.45, 2.75) is 59.2 Å². The van der Waals surface area contributed by atoms with Crippen LogP contribution in [0.4, 0.5) is 0 Å². The van der Waals surface area contributed by atoms with Crippen molar-refractivity contribution < 1.29 is 28.7 Å². The van der Waals surface area contributed by atoms with Crippen LogP contribution >= 0.6 is 37.2 Å². The summed E-state index contributed by atoms with van der Waals surface area (Å²) in [5, 5.41) is 0.896. The molecule has 0 aromatic heterocycles. The largest absolute Gasteiger partial charge is 0.493 e. The second-order valence-corrected chi connectivity index (χ2v) is 10.9. The summed E-state index contributed by atoms with van der Waals surface area (Å²) in [5.74, 6) is -0.0633. The van der Waals surface area contributed by atoms with Crippen LogP contribution in [0.25, 0.3) is 0 Å². The molecule has 2 amide bonds. The highest BCUT2D eigenvalue weighted by Crippen LogP contribution is 2.34. The van der Waals surface area contributed by atoms with Gasteiger partial charge >= 0.3 is 5.97 Å². The number of imide groups is 1. The molecule has 0 bridgehead atoms. The number of hydroxylamine groups is 2. The molecule has 2 aromatic rings. The number of benzene rings is 2. The molecule has 4 rings (SSSR count). The molecule has 0 saturated carbocycles. The number of hydrogen-bond donors (Lipinski definition) is 0. The summed E-state index contributed by atoms with van der Waals surface area (Å²) in [4.78, 5) is 45.3. The van der Waals surface area contributed by atoms with Crippen molar-refractivity contribution in [3.05, 3.63) is 64.7 Å². The minimum absolute atomic E-state index is 0.200. The predicted molar refractivity (Wildman–Crippen MR) is 166 cm³/mol. The number of nitrogens with zero attached hydrogens (tertiary/aromatic N) is 2. The number of carbonyl (C=O) groups excluding carboxylic acids is 3. The molecule has 0 N–H and O–H groups in total. The summed E-state index contributed by atoms with van der Waals surface area (Å²) in [6, 6.07) is 12.5. The minimum Gasteiger partial charge on any atom is -0.493 e. The molecule has 2 aromatic carbocycles. The molecule has 3 atom stereocenters. The van der Waals surface area contributed by atoms with E-state index >= 15 is 0 Å². The van der Waals surface area contributed by atoms with Gasteiger partial charge in [0.25, 0.3) is 11.8 Å². The van der Waals surface area contributed by atoms with E-state index in [-0.39, 0.29) is 29.4 Å². The summed E-state index contributed by atoms with van der Waals surface area (Å²) in [7, 11) is 3.34. The second-order valence-electron chi connectivity index (χ2n) is 10.9. The molecule has 39 heavy (non-hydrogen) atoms. The minimum atomic E-state index is -0.421. The first kappa shape index (κ1) is 31.8. The van der Waals surface area contributed by atoms with Crippen LogP contribution in [0, 0.1) is 11.3 Å². The van der Waals surface area contributed by atoms with Gasteiger partial charge in [-0.1, -0.05) is 39.0 Å². The molecule has 212 valence electrons. The highest BCUT2D eigenvalue weighted by atomic mass is 128. The number of halogens is 2. The zero-order chi connectivity index (χ0) is 28.9. The monoisotopic (exact) mass is 762 g/mol. The van der Waals surface area contributed by atoms with E-state index in [1.165, 1.54) is 7.11 Å². The fraction of sp³-hybridized carbons (Fsp3) is 0.483. The fourth-order valence-corrected chi connectivity index (χ4v) is 5.11. The number of hydrogen-bond acceptors (Lipinski definition) is 7. The van der Waals surface area contributed by atoms with Gasteiger partial charge in [-0.3, -0.25) is 24.1 Å². The van der Waals surface area contributed by atoms with Crippen molar-refractivity contribution in [3.8, 4) is 5.75 Å². The Kier molecular flexibility index (Phi) is 11.2. The molecule has 2 heterocycles. The zero-order valence-electron chi connectivity index (χ0n) is 23.2. The van der Waals surface area contributed by atoms with Crippen molar-refractivity contribution in [1.82, 2.24) is 9.96 Å². The van der Waals surface area contributed by atoms with E-state index in [9.17, 15) is 14.4 Å². The number of likely N-dealkylation sites (N-methyl/N-ethyl adjacent to an activating group) is 1. The highest BCUT2D eigenvalue weighted by Gasteiger charge is 2.40. The lowest BCUT2D eigenvalue weighted by Crippen LogP contribution is -2.43. The van der Waals surface area contributed by atoms with Crippen LogP contribution < -0.4 is 4.74 Å². The third-order valence-corrected chi connectivity index (χ3v) is 7.55. The first-order chi connectivity index (χ1) is 18.5. The number of rotatable bonds is 9. The van der Waals surface area contributed by atoms with Gasteiger partial charge in [-0.05, 0) is 73.5 Å². The SMILES string of the molecule is COC(=O)C1Cc2ccc(OCC(C)CC(C)(C)C(C)ON3C(=O)c4ccccc4C3=O)cc2CN1C.II. The Hall–Kier alpha value is -1.77. The first-order valence-electron chi connectivity index (χ1n) is 12.8. The maximum atomic E-state index is 12.7. The Bertz CT molecular complexity index is 1170.